The number of rotatable bonds is 9. The molecule has 0 saturated carbocycles. The van der Waals surface area contributed by atoms with Crippen LogP contribution in [0.1, 0.15) is 31.1 Å². The Balaban J connectivity index is 2.06. The van der Waals surface area contributed by atoms with Crippen LogP contribution >= 0.6 is 0 Å². The van der Waals surface area contributed by atoms with Gasteiger partial charge in [0, 0.05) is 11.3 Å². The quantitative estimate of drug-likeness (QED) is 0.488. The van der Waals surface area contributed by atoms with Gasteiger partial charge in [0.1, 0.15) is 11.4 Å². The third-order valence-electron chi connectivity index (χ3n) is 4.46. The lowest BCUT2D eigenvalue weighted by Crippen LogP contribution is -2.33. The highest BCUT2D eigenvalue weighted by atomic mass is 16.6. The van der Waals surface area contributed by atoms with Gasteiger partial charge in [0.05, 0.1) is 40.7 Å². The van der Waals surface area contributed by atoms with Gasteiger partial charge >= 0.3 is 6.09 Å². The Bertz CT molecular complexity index is 1050. The lowest BCUT2D eigenvalue weighted by atomic mass is 10.1. The summed E-state index contributed by atoms with van der Waals surface area (Å²) in [5.74, 6) is 0.346. The van der Waals surface area contributed by atoms with Crippen LogP contribution < -0.4 is 34.9 Å². The van der Waals surface area contributed by atoms with Crippen LogP contribution in [0.3, 0.4) is 0 Å². The van der Waals surface area contributed by atoms with E-state index >= 15 is 0 Å². The maximum absolute atomic E-state index is 12.6. The lowest BCUT2D eigenvalue weighted by Gasteiger charge is -2.20. The fourth-order valence-corrected chi connectivity index (χ4v) is 2.98. The van der Waals surface area contributed by atoms with E-state index in [0.29, 0.717) is 34.4 Å². The molecule has 0 unspecified atom stereocenters. The van der Waals surface area contributed by atoms with Gasteiger partial charge in [-0.3, -0.25) is 14.9 Å². The van der Waals surface area contributed by atoms with Crippen LogP contribution in [0.15, 0.2) is 30.3 Å². The number of hydrogen-bond acceptors (Lipinski definition) is 8. The molecule has 2 rings (SSSR count). The van der Waals surface area contributed by atoms with Gasteiger partial charge in [-0.1, -0.05) is 0 Å². The molecule has 0 bridgehead atoms. The Kier molecular flexibility index (Phi) is 9.15. The van der Waals surface area contributed by atoms with E-state index in [1.807, 2.05) is 0 Å². The highest BCUT2D eigenvalue weighted by molar-refractivity contribution is 6.00. The van der Waals surface area contributed by atoms with Gasteiger partial charge in [-0.15, -0.1) is 0 Å². The van der Waals surface area contributed by atoms with Gasteiger partial charge in [0.15, 0.2) is 11.5 Å². The second-order valence-electron chi connectivity index (χ2n) is 8.19. The topological polar surface area (TPSA) is 133 Å². The van der Waals surface area contributed by atoms with Crippen LogP contribution in [-0.2, 0) is 9.53 Å². The third-order valence-corrected chi connectivity index (χ3v) is 4.46. The molecule has 0 spiro atoms. The first kappa shape index (κ1) is 27.1. The number of hydrogen-bond donors (Lipinski definition) is 3. The minimum absolute atomic E-state index is 0.223. The van der Waals surface area contributed by atoms with Crippen molar-refractivity contribution >= 4 is 29.3 Å². The molecule has 2 aromatic carbocycles. The average Bonchev–Trinajstić information content (AvgIpc) is 2.80. The molecule has 0 aliphatic rings. The van der Waals surface area contributed by atoms with Crippen molar-refractivity contribution in [2.45, 2.75) is 26.4 Å². The van der Waals surface area contributed by atoms with Gasteiger partial charge in [-0.05, 0) is 51.1 Å². The molecule has 0 radical (unpaired) electrons. The molecular formula is C24H31N3O8. The molecule has 0 saturated heterocycles. The first-order valence-electron chi connectivity index (χ1n) is 10.6. The molecule has 11 heteroatoms. The fraction of sp³-hybridized carbons (Fsp3) is 0.375. The summed E-state index contributed by atoms with van der Waals surface area (Å²) < 4.78 is 26.2. The summed E-state index contributed by atoms with van der Waals surface area (Å²) in [5, 5.41) is 7.78. The van der Waals surface area contributed by atoms with Crippen LogP contribution in [0.2, 0.25) is 0 Å². The number of amides is 3. The predicted octanol–water partition coefficient (Wildman–Crippen LogP) is 3.44. The van der Waals surface area contributed by atoms with Crippen LogP contribution in [0.5, 0.6) is 23.0 Å². The summed E-state index contributed by atoms with van der Waals surface area (Å²) >= 11 is 0. The zero-order valence-electron chi connectivity index (χ0n) is 20.9. The van der Waals surface area contributed by atoms with Crippen LogP contribution in [0.25, 0.3) is 0 Å². The Labute approximate surface area is 204 Å². The summed E-state index contributed by atoms with van der Waals surface area (Å²) in [5.41, 5.74) is 0.227. The molecular weight excluding hydrogens is 458 g/mol. The average molecular weight is 490 g/mol. The van der Waals surface area contributed by atoms with Crippen molar-refractivity contribution in [1.82, 2.24) is 5.32 Å². The Morgan fingerprint density at radius 1 is 0.800 bits per heavy atom. The van der Waals surface area contributed by atoms with E-state index in [-0.39, 0.29) is 12.1 Å². The first-order chi connectivity index (χ1) is 16.5. The molecule has 0 aliphatic carbocycles. The zero-order chi connectivity index (χ0) is 26.2. The Morgan fingerprint density at radius 3 is 1.91 bits per heavy atom. The van der Waals surface area contributed by atoms with E-state index in [2.05, 4.69) is 16.0 Å². The highest BCUT2D eigenvalue weighted by Crippen LogP contribution is 2.38. The molecule has 0 aliphatic heterocycles. The first-order valence-corrected chi connectivity index (χ1v) is 10.6. The number of ether oxygens (including phenoxy) is 5. The second kappa shape index (κ2) is 11.8. The van der Waals surface area contributed by atoms with Gasteiger partial charge in [-0.25, -0.2) is 4.79 Å². The van der Waals surface area contributed by atoms with Crippen molar-refractivity contribution in [1.29, 1.82) is 0 Å². The van der Waals surface area contributed by atoms with Crippen LogP contribution in [-0.4, -0.2) is 58.5 Å². The van der Waals surface area contributed by atoms with Crippen molar-refractivity contribution < 1.29 is 38.1 Å². The summed E-state index contributed by atoms with van der Waals surface area (Å²) in [4.78, 5) is 37.1. The molecule has 190 valence electrons. The van der Waals surface area contributed by atoms with Crippen molar-refractivity contribution in [2.24, 2.45) is 0 Å². The standard InChI is InChI=1S/C24H31N3O8/c1-24(2,3)35-23(30)27-16-12-15(8-9-17(16)31-4)26-20(28)13-25-22(29)14-10-18(32-5)21(34-7)19(11-14)33-6/h8-12H,13H2,1-7H3,(H,25,29)(H,26,28)(H,27,30). The van der Waals surface area contributed by atoms with Crippen molar-refractivity contribution in [3.8, 4) is 23.0 Å². The van der Waals surface area contributed by atoms with Crippen molar-refractivity contribution in [2.75, 3.05) is 45.6 Å². The van der Waals surface area contributed by atoms with Crippen molar-refractivity contribution in [3.05, 3.63) is 35.9 Å². The molecule has 0 aromatic heterocycles. The smallest absolute Gasteiger partial charge is 0.412 e. The second-order valence-corrected chi connectivity index (χ2v) is 8.19. The minimum Gasteiger partial charge on any atom is -0.495 e. The van der Waals surface area contributed by atoms with E-state index in [4.69, 9.17) is 23.7 Å². The van der Waals surface area contributed by atoms with Gasteiger partial charge < -0.3 is 34.3 Å². The van der Waals surface area contributed by atoms with E-state index in [0.717, 1.165) is 0 Å². The van der Waals surface area contributed by atoms with Gasteiger partial charge in [0.2, 0.25) is 11.7 Å². The normalized spacial score (nSPS) is 10.6. The number of nitrogens with one attached hydrogen (secondary N) is 3. The maximum atomic E-state index is 12.6. The summed E-state index contributed by atoms with van der Waals surface area (Å²) in [7, 11) is 5.78. The number of benzene rings is 2. The molecule has 2 aromatic rings. The van der Waals surface area contributed by atoms with E-state index in [1.165, 1.54) is 46.6 Å². The summed E-state index contributed by atoms with van der Waals surface area (Å²) in [6.07, 6.45) is -0.670. The number of carbonyl (C=O) groups excluding carboxylic acids is 3. The lowest BCUT2D eigenvalue weighted by molar-refractivity contribution is -0.115. The molecule has 3 amide bonds. The number of anilines is 2. The molecule has 0 atom stereocenters. The highest BCUT2D eigenvalue weighted by Gasteiger charge is 2.19. The Hall–Kier alpha value is -4.15. The van der Waals surface area contributed by atoms with Crippen molar-refractivity contribution in [3.63, 3.8) is 0 Å². The molecule has 0 fully saturated rings. The van der Waals surface area contributed by atoms with Crippen LogP contribution in [0, 0.1) is 0 Å². The Morgan fingerprint density at radius 2 is 1.40 bits per heavy atom. The summed E-state index contributed by atoms with van der Waals surface area (Å²) in [6.45, 7) is 4.92. The van der Waals surface area contributed by atoms with Gasteiger partial charge in [-0.2, -0.15) is 0 Å². The molecule has 3 N–H and O–H groups in total. The zero-order valence-corrected chi connectivity index (χ0v) is 20.9. The van der Waals surface area contributed by atoms with E-state index in [9.17, 15) is 14.4 Å². The molecule has 11 nitrogen and oxygen atoms in total. The van der Waals surface area contributed by atoms with E-state index in [1.54, 1.807) is 32.9 Å². The van der Waals surface area contributed by atoms with Crippen LogP contribution in [0.4, 0.5) is 16.2 Å². The SMILES string of the molecule is COc1ccc(NC(=O)CNC(=O)c2cc(OC)c(OC)c(OC)c2)cc1NC(=O)OC(C)(C)C. The molecule has 35 heavy (non-hydrogen) atoms. The number of methoxy groups -OCH3 is 4. The number of carbonyl (C=O) groups is 3. The minimum atomic E-state index is -0.681. The largest absolute Gasteiger partial charge is 0.495 e. The maximum Gasteiger partial charge on any atom is 0.412 e. The summed E-state index contributed by atoms with van der Waals surface area (Å²) in [6, 6.07) is 7.65. The molecule has 0 heterocycles. The third kappa shape index (κ3) is 7.70. The predicted molar refractivity (Wildman–Crippen MR) is 130 cm³/mol. The fourth-order valence-electron chi connectivity index (χ4n) is 2.98. The van der Waals surface area contributed by atoms with E-state index < -0.39 is 23.5 Å². The monoisotopic (exact) mass is 489 g/mol. The van der Waals surface area contributed by atoms with Gasteiger partial charge in [0.25, 0.3) is 5.91 Å².